The first-order chi connectivity index (χ1) is 12.0. The Hall–Kier alpha value is -2.05. The van der Waals surface area contributed by atoms with Crippen molar-refractivity contribution in [2.45, 2.75) is 37.5 Å². The molecule has 2 aromatic rings. The Morgan fingerprint density at radius 2 is 1.96 bits per heavy atom. The zero-order chi connectivity index (χ0) is 18.0. The third-order valence-corrected chi connectivity index (χ3v) is 5.50. The maximum atomic E-state index is 11.9. The molecular weight excluding hydrogens is 384 g/mol. The molecule has 1 fully saturated rings. The number of halogens is 1. The van der Waals surface area contributed by atoms with Crippen LogP contribution in [-0.2, 0) is 6.42 Å². The topological polar surface area (TPSA) is 86.8 Å². The van der Waals surface area contributed by atoms with Gasteiger partial charge in [-0.1, -0.05) is 36.4 Å². The quantitative estimate of drug-likeness (QED) is 0.675. The molecule has 132 valence electrons. The number of likely N-dealkylation sites (tertiary alicyclic amines) is 1. The summed E-state index contributed by atoms with van der Waals surface area (Å²) in [4.78, 5) is 13.3. The highest BCUT2D eigenvalue weighted by atomic mass is 79.9. The van der Waals surface area contributed by atoms with Crippen LogP contribution in [0.15, 0.2) is 53.0 Å². The van der Waals surface area contributed by atoms with E-state index in [1.807, 2.05) is 48.5 Å². The number of hydrogen-bond acceptors (Lipinski definition) is 3. The molecule has 25 heavy (non-hydrogen) atoms. The molecule has 5 nitrogen and oxygen atoms in total. The second kappa shape index (κ2) is 7.45. The van der Waals surface area contributed by atoms with Gasteiger partial charge in [0.25, 0.3) is 0 Å². The molecule has 0 saturated carbocycles. The Morgan fingerprint density at radius 3 is 2.60 bits per heavy atom. The van der Waals surface area contributed by atoms with Crippen LogP contribution in [-0.4, -0.2) is 33.3 Å². The molecule has 0 bridgehead atoms. The van der Waals surface area contributed by atoms with E-state index in [1.165, 1.54) is 4.90 Å². The summed E-state index contributed by atoms with van der Waals surface area (Å²) in [6.07, 6.45) is 0.160. The SMILES string of the molecule is Nc1ccc(CC2CCC(C(O)c3ccccc3)N2C(=O)O)cc1Br. The van der Waals surface area contributed by atoms with Gasteiger partial charge in [-0.25, -0.2) is 4.79 Å². The Morgan fingerprint density at radius 1 is 1.24 bits per heavy atom. The van der Waals surface area contributed by atoms with Crippen molar-refractivity contribution in [2.24, 2.45) is 0 Å². The van der Waals surface area contributed by atoms with Gasteiger partial charge in [-0.3, -0.25) is 4.90 Å². The van der Waals surface area contributed by atoms with E-state index in [0.717, 1.165) is 22.0 Å². The third-order valence-electron chi connectivity index (χ3n) is 4.81. The minimum atomic E-state index is -0.989. The Kier molecular flexibility index (Phi) is 5.30. The summed E-state index contributed by atoms with van der Waals surface area (Å²) in [5.74, 6) is 0. The summed E-state index contributed by atoms with van der Waals surface area (Å²) in [7, 11) is 0. The van der Waals surface area contributed by atoms with Gasteiger partial charge in [0.2, 0.25) is 0 Å². The highest BCUT2D eigenvalue weighted by Crippen LogP contribution is 2.35. The molecule has 3 rings (SSSR count). The minimum Gasteiger partial charge on any atom is -0.465 e. The molecule has 1 amide bonds. The van der Waals surface area contributed by atoms with Gasteiger partial charge < -0.3 is 15.9 Å². The molecule has 2 aromatic carbocycles. The summed E-state index contributed by atoms with van der Waals surface area (Å²) in [6.45, 7) is 0. The third kappa shape index (κ3) is 3.80. The monoisotopic (exact) mass is 404 g/mol. The normalized spacial score (nSPS) is 21.3. The number of nitrogens with two attached hydrogens (primary N) is 1. The number of amides is 1. The van der Waals surface area contributed by atoms with E-state index >= 15 is 0 Å². The predicted molar refractivity (Wildman–Crippen MR) is 100 cm³/mol. The van der Waals surface area contributed by atoms with Crippen molar-refractivity contribution in [3.05, 3.63) is 64.1 Å². The van der Waals surface area contributed by atoms with E-state index in [1.54, 1.807) is 0 Å². The Labute approximate surface area is 155 Å². The molecular formula is C19H21BrN2O3. The van der Waals surface area contributed by atoms with Crippen LogP contribution in [0.1, 0.15) is 30.1 Å². The van der Waals surface area contributed by atoms with Crippen LogP contribution in [0.2, 0.25) is 0 Å². The molecule has 0 spiro atoms. The van der Waals surface area contributed by atoms with Crippen LogP contribution < -0.4 is 5.73 Å². The van der Waals surface area contributed by atoms with Gasteiger partial charge in [-0.05, 0) is 58.5 Å². The number of anilines is 1. The number of carbonyl (C=O) groups is 1. The lowest BCUT2D eigenvalue weighted by molar-refractivity contribution is 0.0540. The van der Waals surface area contributed by atoms with Crippen molar-refractivity contribution in [3.63, 3.8) is 0 Å². The van der Waals surface area contributed by atoms with Crippen molar-refractivity contribution < 1.29 is 15.0 Å². The van der Waals surface area contributed by atoms with Crippen LogP contribution in [0.3, 0.4) is 0 Å². The number of nitrogens with zero attached hydrogens (tertiary/aromatic N) is 1. The fourth-order valence-electron chi connectivity index (χ4n) is 3.56. The fourth-order valence-corrected chi connectivity index (χ4v) is 3.99. The van der Waals surface area contributed by atoms with Gasteiger partial charge in [-0.2, -0.15) is 0 Å². The molecule has 4 N–H and O–H groups in total. The van der Waals surface area contributed by atoms with Crippen LogP contribution in [0.25, 0.3) is 0 Å². The summed E-state index contributed by atoms with van der Waals surface area (Å²) >= 11 is 3.41. The van der Waals surface area contributed by atoms with E-state index in [-0.39, 0.29) is 6.04 Å². The van der Waals surface area contributed by atoms with Crippen LogP contribution in [0.4, 0.5) is 10.5 Å². The number of aliphatic hydroxyl groups excluding tert-OH is 1. The van der Waals surface area contributed by atoms with Gasteiger partial charge >= 0.3 is 6.09 Å². The molecule has 1 aliphatic heterocycles. The Balaban J connectivity index is 1.79. The summed E-state index contributed by atoms with van der Waals surface area (Å²) < 4.78 is 0.811. The zero-order valence-corrected chi connectivity index (χ0v) is 15.3. The molecule has 0 aliphatic carbocycles. The number of carboxylic acid groups (broad SMARTS) is 1. The first-order valence-corrected chi connectivity index (χ1v) is 9.05. The van der Waals surface area contributed by atoms with Gasteiger partial charge in [0.05, 0.1) is 12.1 Å². The van der Waals surface area contributed by atoms with Crippen LogP contribution in [0.5, 0.6) is 0 Å². The maximum absolute atomic E-state index is 11.9. The van der Waals surface area contributed by atoms with E-state index in [9.17, 15) is 15.0 Å². The molecule has 6 heteroatoms. The van der Waals surface area contributed by atoms with Crippen LogP contribution in [0, 0.1) is 0 Å². The molecule has 3 unspecified atom stereocenters. The molecule has 1 aliphatic rings. The van der Waals surface area contributed by atoms with E-state index in [2.05, 4.69) is 15.9 Å². The second-order valence-electron chi connectivity index (χ2n) is 6.40. The molecule has 0 radical (unpaired) electrons. The average Bonchev–Trinajstić information content (AvgIpc) is 3.02. The van der Waals surface area contributed by atoms with E-state index in [4.69, 9.17) is 5.73 Å². The first kappa shape index (κ1) is 17.8. The maximum Gasteiger partial charge on any atom is 0.407 e. The molecule has 0 aromatic heterocycles. The molecule has 1 heterocycles. The van der Waals surface area contributed by atoms with E-state index in [0.29, 0.717) is 18.5 Å². The molecule has 3 atom stereocenters. The largest absolute Gasteiger partial charge is 0.465 e. The highest BCUT2D eigenvalue weighted by Gasteiger charge is 2.41. The lowest BCUT2D eigenvalue weighted by Gasteiger charge is -2.31. The number of nitrogen functional groups attached to an aromatic ring is 1. The molecule has 1 saturated heterocycles. The standard InChI is InChI=1S/C19H21BrN2O3/c20-15-11-12(6-8-16(15)21)10-14-7-9-17(22(14)19(24)25)18(23)13-4-2-1-3-5-13/h1-6,8,11,14,17-18,23H,7,9-10,21H2,(H,24,25). The summed E-state index contributed by atoms with van der Waals surface area (Å²) in [6, 6.07) is 14.3. The minimum absolute atomic E-state index is 0.156. The van der Waals surface area contributed by atoms with Crippen LogP contribution >= 0.6 is 15.9 Å². The van der Waals surface area contributed by atoms with Crippen molar-refractivity contribution >= 4 is 27.7 Å². The number of rotatable bonds is 4. The predicted octanol–water partition coefficient (Wildman–Crippen LogP) is 3.82. The Bertz CT molecular complexity index is 754. The number of aliphatic hydroxyl groups is 1. The average molecular weight is 405 g/mol. The van der Waals surface area contributed by atoms with Crippen molar-refractivity contribution in [1.82, 2.24) is 4.90 Å². The smallest absolute Gasteiger partial charge is 0.407 e. The first-order valence-electron chi connectivity index (χ1n) is 8.25. The number of benzene rings is 2. The highest BCUT2D eigenvalue weighted by molar-refractivity contribution is 9.10. The second-order valence-corrected chi connectivity index (χ2v) is 7.26. The van der Waals surface area contributed by atoms with Gasteiger partial charge in [0, 0.05) is 16.2 Å². The van der Waals surface area contributed by atoms with Crippen molar-refractivity contribution in [2.75, 3.05) is 5.73 Å². The van der Waals surface area contributed by atoms with Gasteiger partial charge in [0.15, 0.2) is 0 Å². The number of hydrogen-bond donors (Lipinski definition) is 3. The lowest BCUT2D eigenvalue weighted by atomic mass is 10.0. The van der Waals surface area contributed by atoms with Crippen molar-refractivity contribution in [1.29, 1.82) is 0 Å². The fraction of sp³-hybridized carbons (Fsp3) is 0.316. The van der Waals surface area contributed by atoms with Crippen molar-refractivity contribution in [3.8, 4) is 0 Å². The van der Waals surface area contributed by atoms with E-state index < -0.39 is 18.2 Å². The lowest BCUT2D eigenvalue weighted by Crippen LogP contribution is -2.44. The summed E-state index contributed by atoms with van der Waals surface area (Å²) in [5, 5.41) is 20.4. The van der Waals surface area contributed by atoms with Gasteiger partial charge in [-0.15, -0.1) is 0 Å². The van der Waals surface area contributed by atoms with Gasteiger partial charge in [0.1, 0.15) is 0 Å². The zero-order valence-electron chi connectivity index (χ0n) is 13.7. The summed E-state index contributed by atoms with van der Waals surface area (Å²) in [5.41, 5.74) is 8.23.